The molecule has 7 heteroatoms. The Morgan fingerprint density at radius 2 is 1.46 bits per heavy atom. The van der Waals surface area contributed by atoms with E-state index in [1.165, 1.54) is 12.8 Å². The largest absolute Gasteiger partial charge is 0.480 e. The molecule has 0 aliphatic heterocycles. The van der Waals surface area contributed by atoms with E-state index in [2.05, 4.69) is 65.2 Å². The van der Waals surface area contributed by atoms with Crippen LogP contribution in [-0.2, 0) is 20.8 Å². The summed E-state index contributed by atoms with van der Waals surface area (Å²) < 4.78 is 0. The van der Waals surface area contributed by atoms with Crippen molar-refractivity contribution < 1.29 is 24.6 Å². The first kappa shape index (κ1) is 43.9. The van der Waals surface area contributed by atoms with Crippen molar-refractivity contribution in [3.05, 3.63) is 47.5 Å². The highest BCUT2D eigenvalue weighted by Crippen LogP contribution is 2.75. The standard InChI is InChI=1S/C50H78N2O5/c1-34-24-29-50(45(57)51-32-18-13-11-9-8-10-12-17-21-42(54)52-38(44(55)56)33-36-19-15-14-16-20-36)31-30-48(6)37(43(50)35(34)2)22-23-40-47(5)27-26-41(53)46(3,4)39(47)25-28-49(40,48)7/h14-16,19-20,22,34-35,38-41,43,53H,8-13,17-18,21,23-33H2,1-7H3,(H,51,57)(H,52,54)(H,55,56)/t34-,35+,38+,39?,40?,41+,43?,47+,48-,49-,50+/m1/s1. The molecule has 4 N–H and O–H groups in total. The van der Waals surface area contributed by atoms with Gasteiger partial charge in [-0.1, -0.05) is 129 Å². The molecule has 0 bridgehead atoms. The number of fused-ring (bicyclic) bond motifs is 7. The predicted octanol–water partition coefficient (Wildman–Crippen LogP) is 10.4. The van der Waals surface area contributed by atoms with Crippen molar-refractivity contribution in [1.29, 1.82) is 0 Å². The molecule has 6 rings (SSSR count). The molecule has 5 aliphatic rings. The first-order valence-electron chi connectivity index (χ1n) is 23.2. The lowest BCUT2D eigenvalue weighted by Crippen LogP contribution is -2.66. The average Bonchev–Trinajstić information content (AvgIpc) is 3.17. The summed E-state index contributed by atoms with van der Waals surface area (Å²) in [6, 6.07) is 8.51. The van der Waals surface area contributed by atoms with Crippen LogP contribution in [0.1, 0.15) is 170 Å². The van der Waals surface area contributed by atoms with Crippen molar-refractivity contribution in [2.24, 2.45) is 56.7 Å². The summed E-state index contributed by atoms with van der Waals surface area (Å²) in [5.41, 5.74) is 2.71. The summed E-state index contributed by atoms with van der Waals surface area (Å²) in [4.78, 5) is 38.7. The third-order valence-corrected chi connectivity index (χ3v) is 18.0. The quantitative estimate of drug-likeness (QED) is 0.0984. The molecular formula is C50H78N2O5. The molecule has 0 aromatic heterocycles. The van der Waals surface area contributed by atoms with E-state index in [4.69, 9.17) is 0 Å². The monoisotopic (exact) mass is 787 g/mol. The van der Waals surface area contributed by atoms with Crippen LogP contribution in [0.3, 0.4) is 0 Å². The highest BCUT2D eigenvalue weighted by Gasteiger charge is 2.69. The van der Waals surface area contributed by atoms with Crippen molar-refractivity contribution in [2.75, 3.05) is 6.54 Å². The van der Waals surface area contributed by atoms with Crippen molar-refractivity contribution in [2.45, 2.75) is 183 Å². The smallest absolute Gasteiger partial charge is 0.326 e. The number of aliphatic hydroxyl groups is 1. The molecule has 57 heavy (non-hydrogen) atoms. The highest BCUT2D eigenvalue weighted by atomic mass is 16.4. The number of allylic oxidation sites excluding steroid dienone is 2. The van der Waals surface area contributed by atoms with Crippen LogP contribution in [0.5, 0.6) is 0 Å². The Morgan fingerprint density at radius 1 is 0.789 bits per heavy atom. The van der Waals surface area contributed by atoms with Gasteiger partial charge in [0.15, 0.2) is 0 Å². The number of hydrogen-bond acceptors (Lipinski definition) is 4. The third-order valence-electron chi connectivity index (χ3n) is 18.0. The third kappa shape index (κ3) is 8.27. The molecule has 11 atom stereocenters. The topological polar surface area (TPSA) is 116 Å². The Bertz CT molecular complexity index is 1610. The van der Waals surface area contributed by atoms with Crippen molar-refractivity contribution >= 4 is 17.8 Å². The molecule has 0 spiro atoms. The molecule has 4 fully saturated rings. The number of unbranched alkanes of at least 4 members (excludes halogenated alkanes) is 7. The second kappa shape index (κ2) is 17.5. The maximum Gasteiger partial charge on any atom is 0.326 e. The van der Waals surface area contributed by atoms with Crippen LogP contribution in [0, 0.1) is 56.7 Å². The van der Waals surface area contributed by atoms with E-state index >= 15 is 0 Å². The summed E-state index contributed by atoms with van der Waals surface area (Å²) in [5, 5.41) is 26.9. The van der Waals surface area contributed by atoms with E-state index < -0.39 is 12.0 Å². The molecule has 4 saturated carbocycles. The number of benzene rings is 1. The Kier molecular flexibility index (Phi) is 13.5. The van der Waals surface area contributed by atoms with Crippen LogP contribution in [-0.4, -0.2) is 46.7 Å². The number of hydrogen-bond donors (Lipinski definition) is 4. The van der Waals surface area contributed by atoms with Crippen molar-refractivity contribution in [3.8, 4) is 0 Å². The van der Waals surface area contributed by atoms with E-state index in [0.29, 0.717) is 41.9 Å². The van der Waals surface area contributed by atoms with Crippen molar-refractivity contribution in [1.82, 2.24) is 10.6 Å². The average molecular weight is 787 g/mol. The van der Waals surface area contributed by atoms with Gasteiger partial charge in [-0.15, -0.1) is 0 Å². The van der Waals surface area contributed by atoms with Gasteiger partial charge in [-0.05, 0) is 127 Å². The number of nitrogens with one attached hydrogen (secondary N) is 2. The van der Waals surface area contributed by atoms with E-state index in [0.717, 1.165) is 108 Å². The Balaban J connectivity index is 0.958. The minimum absolute atomic E-state index is 0.0477. The predicted molar refractivity (Wildman–Crippen MR) is 229 cm³/mol. The molecule has 0 heterocycles. The maximum absolute atomic E-state index is 14.5. The van der Waals surface area contributed by atoms with E-state index in [-0.39, 0.29) is 45.5 Å². The van der Waals surface area contributed by atoms with Gasteiger partial charge >= 0.3 is 5.97 Å². The molecule has 0 radical (unpaired) electrons. The van der Waals surface area contributed by atoms with Crippen LogP contribution in [0.25, 0.3) is 0 Å². The number of rotatable bonds is 16. The summed E-state index contributed by atoms with van der Waals surface area (Å²) >= 11 is 0. The second-order valence-electron chi connectivity index (χ2n) is 21.2. The Morgan fingerprint density at radius 3 is 2.14 bits per heavy atom. The van der Waals surface area contributed by atoms with Crippen LogP contribution in [0.4, 0.5) is 0 Å². The molecule has 5 aliphatic carbocycles. The van der Waals surface area contributed by atoms with Crippen LogP contribution in [0.15, 0.2) is 42.0 Å². The number of carboxylic acids is 1. The molecule has 0 saturated heterocycles. The van der Waals surface area contributed by atoms with Crippen LogP contribution >= 0.6 is 0 Å². The lowest BCUT2D eigenvalue weighted by Gasteiger charge is -2.71. The van der Waals surface area contributed by atoms with Crippen molar-refractivity contribution in [3.63, 3.8) is 0 Å². The summed E-state index contributed by atoms with van der Waals surface area (Å²) in [6.07, 6.45) is 21.3. The van der Waals surface area contributed by atoms with E-state index in [1.807, 2.05) is 30.3 Å². The molecular weight excluding hydrogens is 709 g/mol. The lowest BCUT2D eigenvalue weighted by molar-refractivity contribution is -0.204. The number of carbonyl (C=O) groups excluding carboxylic acids is 2. The second-order valence-corrected chi connectivity index (χ2v) is 21.2. The van der Waals surface area contributed by atoms with Gasteiger partial charge < -0.3 is 20.8 Å². The minimum atomic E-state index is -1.00. The zero-order valence-electron chi connectivity index (χ0n) is 36.8. The maximum atomic E-state index is 14.5. The SMILES string of the molecule is C[C@@H]1CC[C@]2(C(=O)NCCCCCCCCCCC(=O)N[C@@H](Cc3ccccc3)C(=O)O)CC[C@]3(C)C(=CCC4[C@@]5(C)CC[C@H](O)C(C)(C)C5CC[C@]43C)C2[C@H]1C. The van der Waals surface area contributed by atoms with Gasteiger partial charge in [-0.3, -0.25) is 9.59 Å². The summed E-state index contributed by atoms with van der Waals surface area (Å²) in [7, 11) is 0. The molecule has 2 amide bonds. The number of aliphatic hydroxyl groups excluding tert-OH is 1. The number of carbonyl (C=O) groups is 3. The highest BCUT2D eigenvalue weighted by molar-refractivity contribution is 5.84. The molecule has 1 aromatic carbocycles. The first-order chi connectivity index (χ1) is 27.0. The summed E-state index contributed by atoms with van der Waals surface area (Å²) in [5.74, 6) is 1.70. The van der Waals surface area contributed by atoms with Gasteiger partial charge in [0.25, 0.3) is 0 Å². The van der Waals surface area contributed by atoms with E-state index in [1.54, 1.807) is 5.57 Å². The minimum Gasteiger partial charge on any atom is -0.480 e. The van der Waals surface area contributed by atoms with Gasteiger partial charge in [0.1, 0.15) is 6.04 Å². The lowest BCUT2D eigenvalue weighted by atomic mass is 9.33. The zero-order valence-corrected chi connectivity index (χ0v) is 36.8. The van der Waals surface area contributed by atoms with Gasteiger partial charge in [0.2, 0.25) is 11.8 Å². The summed E-state index contributed by atoms with van der Waals surface area (Å²) in [6.45, 7) is 18.1. The van der Waals surface area contributed by atoms with Crippen LogP contribution < -0.4 is 10.6 Å². The first-order valence-corrected chi connectivity index (χ1v) is 23.2. The normalized spacial score (nSPS) is 37.3. The molecule has 7 nitrogen and oxygen atoms in total. The Hall–Kier alpha value is -2.67. The van der Waals surface area contributed by atoms with Gasteiger partial charge in [0.05, 0.1) is 11.5 Å². The fourth-order valence-corrected chi connectivity index (χ4v) is 14.0. The van der Waals surface area contributed by atoms with Gasteiger partial charge in [-0.2, -0.15) is 0 Å². The van der Waals surface area contributed by atoms with Gasteiger partial charge in [0, 0.05) is 19.4 Å². The molecule has 1 aromatic rings. The molecule has 318 valence electrons. The fraction of sp³-hybridized carbons (Fsp3) is 0.780. The fourth-order valence-electron chi connectivity index (χ4n) is 14.0. The number of amides is 2. The zero-order chi connectivity index (χ0) is 41.2. The van der Waals surface area contributed by atoms with E-state index in [9.17, 15) is 24.6 Å². The number of aliphatic carboxylic acids is 1. The van der Waals surface area contributed by atoms with Crippen LogP contribution in [0.2, 0.25) is 0 Å². The number of carboxylic acid groups (broad SMARTS) is 1. The Labute approximate surface area is 345 Å². The van der Waals surface area contributed by atoms with Gasteiger partial charge in [-0.25, -0.2) is 4.79 Å². The molecule has 3 unspecified atom stereocenters.